The smallest absolute Gasteiger partial charge is 0.317 e. The van der Waals surface area contributed by atoms with Crippen LogP contribution in [0.2, 0.25) is 0 Å². The summed E-state index contributed by atoms with van der Waals surface area (Å²) in [5, 5.41) is 11.7. The van der Waals surface area contributed by atoms with Gasteiger partial charge in [-0.15, -0.1) is 0 Å². The lowest BCUT2D eigenvalue weighted by Gasteiger charge is -2.32. The molecule has 0 aliphatic carbocycles. The van der Waals surface area contributed by atoms with Crippen molar-refractivity contribution in [3.63, 3.8) is 0 Å². The zero-order chi connectivity index (χ0) is 15.2. The van der Waals surface area contributed by atoms with Crippen molar-refractivity contribution >= 4 is 12.0 Å². The average Bonchev–Trinajstić information content (AvgIpc) is 2.22. The first-order valence-electron chi connectivity index (χ1n) is 6.42. The Morgan fingerprint density at radius 1 is 1.16 bits per heavy atom. The molecule has 1 unspecified atom stereocenters. The van der Waals surface area contributed by atoms with Gasteiger partial charge >= 0.3 is 12.0 Å². The second-order valence-corrected chi connectivity index (χ2v) is 6.19. The summed E-state index contributed by atoms with van der Waals surface area (Å²) in [7, 11) is 5.58. The highest BCUT2D eigenvalue weighted by Gasteiger charge is 2.29. The van der Waals surface area contributed by atoms with Crippen LogP contribution in [0.4, 0.5) is 4.79 Å². The second-order valence-electron chi connectivity index (χ2n) is 6.19. The highest BCUT2D eigenvalue weighted by Crippen LogP contribution is 2.22. The number of carbonyl (C=O) groups is 2. The zero-order valence-electron chi connectivity index (χ0n) is 12.9. The Kier molecular flexibility index (Phi) is 6.83. The zero-order valence-corrected chi connectivity index (χ0v) is 12.9. The maximum atomic E-state index is 12.0. The van der Waals surface area contributed by atoms with Crippen molar-refractivity contribution in [1.82, 2.24) is 15.1 Å². The quantitative estimate of drug-likeness (QED) is 0.759. The summed E-state index contributed by atoms with van der Waals surface area (Å²) in [5.41, 5.74) is -0.295. The molecule has 0 rings (SSSR count). The largest absolute Gasteiger partial charge is 0.481 e. The van der Waals surface area contributed by atoms with Crippen LogP contribution in [0.5, 0.6) is 0 Å². The van der Waals surface area contributed by atoms with Gasteiger partial charge in [0.25, 0.3) is 0 Å². The first-order valence-corrected chi connectivity index (χ1v) is 6.42. The van der Waals surface area contributed by atoms with Gasteiger partial charge < -0.3 is 20.2 Å². The number of urea groups is 1. The summed E-state index contributed by atoms with van der Waals surface area (Å²) in [6, 6.07) is -0.623. The van der Waals surface area contributed by atoms with Crippen LogP contribution >= 0.6 is 0 Å². The third-order valence-corrected chi connectivity index (χ3v) is 2.95. The summed E-state index contributed by atoms with van der Waals surface area (Å²) in [4.78, 5) is 26.4. The number of carbonyl (C=O) groups excluding carboxylic acids is 1. The summed E-state index contributed by atoms with van der Waals surface area (Å²) in [6.45, 7) is 7.12. The molecule has 0 radical (unpaired) electrons. The van der Waals surface area contributed by atoms with E-state index in [0.717, 1.165) is 6.54 Å². The van der Waals surface area contributed by atoms with Gasteiger partial charge in [0, 0.05) is 26.2 Å². The average molecular weight is 273 g/mol. The van der Waals surface area contributed by atoms with E-state index >= 15 is 0 Å². The Hall–Kier alpha value is -1.30. The first kappa shape index (κ1) is 17.7. The summed E-state index contributed by atoms with van der Waals surface area (Å²) >= 11 is 0. The fourth-order valence-electron chi connectivity index (χ4n) is 1.46. The number of hydrogen-bond donors (Lipinski definition) is 2. The minimum Gasteiger partial charge on any atom is -0.481 e. The molecule has 0 heterocycles. The molecule has 0 aliphatic rings. The maximum Gasteiger partial charge on any atom is 0.317 e. The lowest BCUT2D eigenvalue weighted by atomic mass is 9.85. The van der Waals surface area contributed by atoms with Crippen molar-refractivity contribution in [3.05, 3.63) is 0 Å². The normalized spacial score (nSPS) is 13.2. The molecule has 2 amide bonds. The second kappa shape index (κ2) is 7.33. The Bertz CT molecular complexity index is 311. The fraction of sp³-hybridized carbons (Fsp3) is 0.846. The van der Waals surface area contributed by atoms with Crippen molar-refractivity contribution in [2.45, 2.75) is 33.2 Å². The summed E-state index contributed by atoms with van der Waals surface area (Å²) in [6.07, 6.45) is -0.0727. The van der Waals surface area contributed by atoms with Crippen LogP contribution in [0.25, 0.3) is 0 Å². The molecule has 0 fully saturated rings. The number of carboxylic acid groups (broad SMARTS) is 1. The monoisotopic (exact) mass is 273 g/mol. The van der Waals surface area contributed by atoms with Crippen LogP contribution in [0.1, 0.15) is 27.2 Å². The van der Waals surface area contributed by atoms with Gasteiger partial charge in [-0.3, -0.25) is 4.79 Å². The minimum absolute atomic E-state index is 0.0727. The van der Waals surface area contributed by atoms with Gasteiger partial charge in [-0.1, -0.05) is 20.8 Å². The number of carboxylic acids is 1. The van der Waals surface area contributed by atoms with E-state index in [1.54, 1.807) is 11.9 Å². The molecule has 0 saturated heterocycles. The van der Waals surface area contributed by atoms with Crippen molar-refractivity contribution < 1.29 is 14.7 Å². The Morgan fingerprint density at radius 3 is 2.05 bits per heavy atom. The van der Waals surface area contributed by atoms with Crippen LogP contribution in [-0.2, 0) is 4.79 Å². The van der Waals surface area contributed by atoms with Gasteiger partial charge in [-0.2, -0.15) is 0 Å². The lowest BCUT2D eigenvalue weighted by Crippen LogP contribution is -2.50. The number of rotatable bonds is 6. The lowest BCUT2D eigenvalue weighted by molar-refractivity contribution is -0.138. The molecule has 2 N–H and O–H groups in total. The van der Waals surface area contributed by atoms with E-state index in [4.69, 9.17) is 5.11 Å². The predicted molar refractivity (Wildman–Crippen MR) is 75.2 cm³/mol. The molecule has 0 aliphatic heterocycles. The molecule has 0 spiro atoms. The molecule has 1 atom stereocenters. The van der Waals surface area contributed by atoms with Gasteiger partial charge in [0.05, 0.1) is 6.42 Å². The summed E-state index contributed by atoms with van der Waals surface area (Å²) < 4.78 is 0. The third-order valence-electron chi connectivity index (χ3n) is 2.95. The van der Waals surface area contributed by atoms with Crippen LogP contribution < -0.4 is 5.32 Å². The van der Waals surface area contributed by atoms with E-state index in [1.165, 1.54) is 0 Å². The Balaban J connectivity index is 4.50. The standard InChI is InChI=1S/C13H27N3O3/c1-13(2,3)10(9-11(17)18)14-12(19)16(6)8-7-15(4)5/h10H,7-9H2,1-6H3,(H,14,19)(H,17,18). The first-order chi connectivity index (χ1) is 8.54. The van der Waals surface area contributed by atoms with E-state index in [2.05, 4.69) is 5.32 Å². The molecule has 6 nitrogen and oxygen atoms in total. The SMILES string of the molecule is CN(C)CCN(C)C(=O)NC(CC(=O)O)C(C)(C)C. The van der Waals surface area contributed by atoms with Gasteiger partial charge in [0.15, 0.2) is 0 Å². The Morgan fingerprint density at radius 2 is 1.68 bits per heavy atom. The van der Waals surface area contributed by atoms with Crippen LogP contribution in [0.15, 0.2) is 0 Å². The maximum absolute atomic E-state index is 12.0. The number of amides is 2. The minimum atomic E-state index is -0.906. The molecule has 0 aromatic rings. The van der Waals surface area contributed by atoms with Crippen molar-refractivity contribution in [3.8, 4) is 0 Å². The van der Waals surface area contributed by atoms with Gasteiger partial charge in [-0.25, -0.2) is 4.79 Å². The van der Waals surface area contributed by atoms with Gasteiger partial charge in [0.1, 0.15) is 0 Å². The molecule has 112 valence electrons. The van der Waals surface area contributed by atoms with Crippen molar-refractivity contribution in [2.24, 2.45) is 5.41 Å². The highest BCUT2D eigenvalue weighted by atomic mass is 16.4. The van der Waals surface area contributed by atoms with Gasteiger partial charge in [0.2, 0.25) is 0 Å². The van der Waals surface area contributed by atoms with Crippen LogP contribution in [-0.4, -0.2) is 67.2 Å². The molecule has 19 heavy (non-hydrogen) atoms. The number of nitrogens with one attached hydrogen (secondary N) is 1. The van der Waals surface area contributed by atoms with E-state index in [0.29, 0.717) is 6.54 Å². The van der Waals surface area contributed by atoms with E-state index < -0.39 is 5.97 Å². The molecular formula is C13H27N3O3. The van der Waals surface area contributed by atoms with Crippen molar-refractivity contribution in [1.29, 1.82) is 0 Å². The van der Waals surface area contributed by atoms with Crippen molar-refractivity contribution in [2.75, 3.05) is 34.2 Å². The molecule has 0 saturated carbocycles. The number of aliphatic carboxylic acids is 1. The fourth-order valence-corrected chi connectivity index (χ4v) is 1.46. The van der Waals surface area contributed by atoms with Crippen LogP contribution in [0, 0.1) is 5.41 Å². The van der Waals surface area contributed by atoms with E-state index in [1.807, 2.05) is 39.8 Å². The molecule has 0 bridgehead atoms. The molecular weight excluding hydrogens is 246 g/mol. The third kappa shape index (κ3) is 7.66. The predicted octanol–water partition coefficient (Wildman–Crippen LogP) is 1.08. The Labute approximate surface area is 115 Å². The summed E-state index contributed by atoms with van der Waals surface area (Å²) in [5.74, 6) is -0.906. The van der Waals surface area contributed by atoms with E-state index in [9.17, 15) is 9.59 Å². The molecule has 0 aromatic carbocycles. The topological polar surface area (TPSA) is 72.9 Å². The van der Waals surface area contributed by atoms with E-state index in [-0.39, 0.29) is 23.9 Å². The molecule has 0 aromatic heterocycles. The number of likely N-dealkylation sites (N-methyl/N-ethyl adjacent to an activating group) is 2. The number of nitrogens with zero attached hydrogens (tertiary/aromatic N) is 2. The molecule has 6 heteroatoms. The highest BCUT2D eigenvalue weighted by molar-refractivity contribution is 5.75. The number of hydrogen-bond acceptors (Lipinski definition) is 3. The van der Waals surface area contributed by atoms with Gasteiger partial charge in [-0.05, 0) is 19.5 Å². The van der Waals surface area contributed by atoms with Crippen LogP contribution in [0.3, 0.4) is 0 Å².